The van der Waals surface area contributed by atoms with Gasteiger partial charge in [-0.15, -0.1) is 0 Å². The Morgan fingerprint density at radius 1 is 1.14 bits per heavy atom. The summed E-state index contributed by atoms with van der Waals surface area (Å²) in [5.41, 5.74) is 3.80. The summed E-state index contributed by atoms with van der Waals surface area (Å²) in [5.74, 6) is 0.884. The van der Waals surface area contributed by atoms with Crippen molar-refractivity contribution in [1.29, 1.82) is 0 Å². The Balaban J connectivity index is 1.40. The largest absolute Gasteiger partial charge is 0.444 e. The van der Waals surface area contributed by atoms with E-state index in [1.54, 1.807) is 0 Å². The summed E-state index contributed by atoms with van der Waals surface area (Å²) in [6.07, 6.45) is 1.46. The van der Waals surface area contributed by atoms with Gasteiger partial charge in [0.25, 0.3) is 0 Å². The van der Waals surface area contributed by atoms with Gasteiger partial charge in [0, 0.05) is 30.4 Å². The molecule has 0 spiro atoms. The molecule has 1 amide bonds. The Kier molecular flexibility index (Phi) is 5.18. The monoisotopic (exact) mass is 392 g/mol. The molecule has 1 aliphatic rings. The number of ether oxygens (including phenoxy) is 1. The van der Waals surface area contributed by atoms with Crippen molar-refractivity contribution in [1.82, 2.24) is 15.3 Å². The molecule has 152 valence electrons. The summed E-state index contributed by atoms with van der Waals surface area (Å²) >= 11 is 0. The molecule has 4 rings (SSSR count). The summed E-state index contributed by atoms with van der Waals surface area (Å²) in [4.78, 5) is 22.5. The lowest BCUT2D eigenvalue weighted by Crippen LogP contribution is -2.46. The van der Waals surface area contributed by atoms with Crippen LogP contribution in [-0.4, -0.2) is 40.8 Å². The third kappa shape index (κ3) is 4.70. The third-order valence-corrected chi connectivity index (χ3v) is 5.09. The molecule has 2 heterocycles. The van der Waals surface area contributed by atoms with Crippen molar-refractivity contribution in [3.63, 3.8) is 0 Å². The minimum absolute atomic E-state index is 0.152. The van der Waals surface area contributed by atoms with E-state index < -0.39 is 5.60 Å². The van der Waals surface area contributed by atoms with Crippen LogP contribution in [0.25, 0.3) is 22.4 Å². The smallest absolute Gasteiger partial charge is 0.407 e. The van der Waals surface area contributed by atoms with Crippen LogP contribution in [-0.2, 0) is 4.74 Å². The minimum Gasteiger partial charge on any atom is -0.444 e. The van der Waals surface area contributed by atoms with E-state index in [1.165, 1.54) is 5.69 Å². The van der Waals surface area contributed by atoms with Gasteiger partial charge in [-0.2, -0.15) is 0 Å². The maximum absolute atomic E-state index is 12.0. The van der Waals surface area contributed by atoms with Gasteiger partial charge in [-0.05, 0) is 57.9 Å². The number of piperidine rings is 1. The second-order valence-corrected chi connectivity index (χ2v) is 8.56. The van der Waals surface area contributed by atoms with Crippen LogP contribution in [0, 0.1) is 0 Å². The Morgan fingerprint density at radius 2 is 1.90 bits per heavy atom. The van der Waals surface area contributed by atoms with Crippen molar-refractivity contribution >= 4 is 22.8 Å². The Morgan fingerprint density at radius 3 is 2.62 bits per heavy atom. The lowest BCUT2D eigenvalue weighted by atomic mass is 10.0. The molecule has 0 saturated carbocycles. The van der Waals surface area contributed by atoms with E-state index in [9.17, 15) is 4.79 Å². The number of amides is 1. The highest BCUT2D eigenvalue weighted by atomic mass is 16.6. The molecule has 6 heteroatoms. The van der Waals surface area contributed by atoms with E-state index in [-0.39, 0.29) is 12.1 Å². The fraction of sp³-hybridized carbons (Fsp3) is 0.391. The van der Waals surface area contributed by atoms with Gasteiger partial charge >= 0.3 is 6.09 Å². The van der Waals surface area contributed by atoms with E-state index in [0.717, 1.165) is 48.4 Å². The predicted molar refractivity (Wildman–Crippen MR) is 116 cm³/mol. The van der Waals surface area contributed by atoms with E-state index in [2.05, 4.69) is 39.5 Å². The number of aromatic amines is 1. The van der Waals surface area contributed by atoms with Crippen LogP contribution >= 0.6 is 0 Å². The standard InChI is InChI=1S/C23H28N4O2/c1-23(2,3)29-22(28)24-17-11-13-27(14-12-17)18-8-6-7-16(15-18)21-25-19-9-4-5-10-20(19)26-21/h4-10,15,17H,11-14H2,1-3H3,(H,24,28)(H,25,26). The van der Waals surface area contributed by atoms with Crippen LogP contribution < -0.4 is 10.2 Å². The lowest BCUT2D eigenvalue weighted by molar-refractivity contribution is 0.0497. The quantitative estimate of drug-likeness (QED) is 0.676. The molecule has 1 aliphatic heterocycles. The molecular formula is C23H28N4O2. The first-order valence-corrected chi connectivity index (χ1v) is 10.2. The van der Waals surface area contributed by atoms with E-state index in [0.29, 0.717) is 0 Å². The molecule has 0 unspecified atom stereocenters. The van der Waals surface area contributed by atoms with Gasteiger partial charge < -0.3 is 19.9 Å². The molecular weight excluding hydrogens is 364 g/mol. The number of fused-ring (bicyclic) bond motifs is 1. The first-order chi connectivity index (χ1) is 13.9. The molecule has 1 fully saturated rings. The number of hydrogen-bond donors (Lipinski definition) is 2. The van der Waals surface area contributed by atoms with E-state index in [4.69, 9.17) is 9.72 Å². The number of carbonyl (C=O) groups is 1. The molecule has 3 aromatic rings. The fourth-order valence-corrected chi connectivity index (χ4v) is 3.70. The molecule has 6 nitrogen and oxygen atoms in total. The van der Waals surface area contributed by atoms with E-state index in [1.807, 2.05) is 45.0 Å². The molecule has 2 N–H and O–H groups in total. The molecule has 1 saturated heterocycles. The number of carbonyl (C=O) groups excluding carboxylic acids is 1. The van der Waals surface area contributed by atoms with Crippen molar-refractivity contribution in [2.24, 2.45) is 0 Å². The average Bonchev–Trinajstić information content (AvgIpc) is 3.11. The van der Waals surface area contributed by atoms with E-state index >= 15 is 0 Å². The number of para-hydroxylation sites is 2. The number of benzene rings is 2. The van der Waals surface area contributed by atoms with Crippen molar-refractivity contribution < 1.29 is 9.53 Å². The maximum Gasteiger partial charge on any atom is 0.407 e. The van der Waals surface area contributed by atoms with Crippen LogP contribution in [0.4, 0.5) is 10.5 Å². The van der Waals surface area contributed by atoms with Crippen LogP contribution in [0.2, 0.25) is 0 Å². The van der Waals surface area contributed by atoms with Crippen LogP contribution in [0.3, 0.4) is 0 Å². The predicted octanol–water partition coefficient (Wildman–Crippen LogP) is 4.72. The molecule has 0 aliphatic carbocycles. The summed E-state index contributed by atoms with van der Waals surface area (Å²) in [7, 11) is 0. The zero-order valence-corrected chi connectivity index (χ0v) is 17.2. The second-order valence-electron chi connectivity index (χ2n) is 8.56. The van der Waals surface area contributed by atoms with Crippen molar-refractivity contribution in [3.8, 4) is 11.4 Å². The average molecular weight is 393 g/mol. The summed E-state index contributed by atoms with van der Waals surface area (Å²) in [6.45, 7) is 7.42. The molecule has 29 heavy (non-hydrogen) atoms. The van der Waals surface area contributed by atoms with Crippen LogP contribution in [0.15, 0.2) is 48.5 Å². The molecule has 0 atom stereocenters. The Labute approximate surface area is 171 Å². The third-order valence-electron chi connectivity index (χ3n) is 5.09. The number of anilines is 1. The number of H-pyrrole nitrogens is 1. The van der Waals surface area contributed by atoms with Gasteiger partial charge in [-0.1, -0.05) is 24.3 Å². The lowest BCUT2D eigenvalue weighted by Gasteiger charge is -2.34. The SMILES string of the molecule is CC(C)(C)OC(=O)NC1CCN(c2cccc(-c3nc4ccccc4[nH]3)c2)CC1. The molecule has 0 radical (unpaired) electrons. The molecule has 0 bridgehead atoms. The van der Waals surface area contributed by atoms with Crippen molar-refractivity contribution in [2.45, 2.75) is 45.3 Å². The number of hydrogen-bond acceptors (Lipinski definition) is 4. The van der Waals surface area contributed by atoms with Crippen LogP contribution in [0.1, 0.15) is 33.6 Å². The van der Waals surface area contributed by atoms with Gasteiger partial charge in [0.1, 0.15) is 11.4 Å². The summed E-state index contributed by atoms with van der Waals surface area (Å²) < 4.78 is 5.37. The second kappa shape index (κ2) is 7.78. The number of nitrogens with one attached hydrogen (secondary N) is 2. The highest BCUT2D eigenvalue weighted by Crippen LogP contribution is 2.27. The Bertz CT molecular complexity index is 964. The first-order valence-electron chi connectivity index (χ1n) is 10.2. The number of alkyl carbamates (subject to hydrolysis) is 1. The van der Waals surface area contributed by atoms with Gasteiger partial charge in [0.2, 0.25) is 0 Å². The Hall–Kier alpha value is -3.02. The van der Waals surface area contributed by atoms with Gasteiger partial charge in [-0.25, -0.2) is 9.78 Å². The normalized spacial score (nSPS) is 15.5. The fourth-order valence-electron chi connectivity index (χ4n) is 3.70. The number of aromatic nitrogens is 2. The summed E-state index contributed by atoms with van der Waals surface area (Å²) in [6, 6.07) is 16.7. The molecule has 2 aromatic carbocycles. The topological polar surface area (TPSA) is 70.2 Å². The minimum atomic E-state index is -0.470. The van der Waals surface area contributed by atoms with Gasteiger partial charge in [0.05, 0.1) is 11.0 Å². The highest BCUT2D eigenvalue weighted by molar-refractivity contribution is 5.79. The maximum atomic E-state index is 12.0. The van der Waals surface area contributed by atoms with Crippen molar-refractivity contribution in [2.75, 3.05) is 18.0 Å². The zero-order valence-electron chi connectivity index (χ0n) is 17.2. The van der Waals surface area contributed by atoms with Crippen molar-refractivity contribution in [3.05, 3.63) is 48.5 Å². The number of rotatable bonds is 3. The number of imidazole rings is 1. The number of nitrogens with zero attached hydrogens (tertiary/aromatic N) is 2. The molecule has 1 aromatic heterocycles. The van der Waals surface area contributed by atoms with Crippen LogP contribution in [0.5, 0.6) is 0 Å². The zero-order chi connectivity index (χ0) is 20.4. The van der Waals surface area contributed by atoms with Gasteiger partial charge in [0.15, 0.2) is 0 Å². The first kappa shape index (κ1) is 19.3. The summed E-state index contributed by atoms with van der Waals surface area (Å²) in [5, 5.41) is 3.00. The van der Waals surface area contributed by atoms with Gasteiger partial charge in [-0.3, -0.25) is 0 Å². The highest BCUT2D eigenvalue weighted by Gasteiger charge is 2.24.